The standard InChI is InChI=1S/C22H25N3O4S/c1-30-18-10-8-15(9-11-18)19(26)14-23-21(28)22(29)24-16-5-4-6-17(13-16)25-12-3-2-7-20(25)27/h4-6,8-11,13,19,26H,2-3,7,12,14H2,1H3,(H,23,28)(H,24,29)/t19-/m1/s1. The van der Waals surface area contributed by atoms with E-state index in [0.29, 0.717) is 29.9 Å². The highest BCUT2D eigenvalue weighted by Gasteiger charge is 2.21. The summed E-state index contributed by atoms with van der Waals surface area (Å²) in [5.74, 6) is -1.61. The number of aliphatic hydroxyl groups excluding tert-OH is 1. The maximum absolute atomic E-state index is 12.2. The van der Waals surface area contributed by atoms with Gasteiger partial charge in [0.25, 0.3) is 0 Å². The van der Waals surface area contributed by atoms with Gasteiger partial charge >= 0.3 is 11.8 Å². The van der Waals surface area contributed by atoms with E-state index < -0.39 is 17.9 Å². The number of carbonyl (C=O) groups excluding carboxylic acids is 3. The minimum atomic E-state index is -0.911. The molecule has 1 aliphatic heterocycles. The first kappa shape index (κ1) is 21.9. The molecule has 0 aliphatic carbocycles. The van der Waals surface area contributed by atoms with Crippen molar-refractivity contribution in [1.29, 1.82) is 0 Å². The van der Waals surface area contributed by atoms with Crippen molar-refractivity contribution in [2.75, 3.05) is 29.6 Å². The molecule has 0 unspecified atom stereocenters. The van der Waals surface area contributed by atoms with Crippen molar-refractivity contribution in [3.63, 3.8) is 0 Å². The first-order chi connectivity index (χ1) is 14.5. The Hall–Kier alpha value is -2.84. The van der Waals surface area contributed by atoms with E-state index in [4.69, 9.17) is 0 Å². The van der Waals surface area contributed by atoms with E-state index >= 15 is 0 Å². The highest BCUT2D eigenvalue weighted by molar-refractivity contribution is 7.98. The molecular formula is C22H25N3O4S. The molecule has 2 aromatic rings. The van der Waals surface area contributed by atoms with Crippen LogP contribution < -0.4 is 15.5 Å². The second-order valence-electron chi connectivity index (χ2n) is 7.01. The number of nitrogens with zero attached hydrogens (tertiary/aromatic N) is 1. The summed E-state index contributed by atoms with van der Waals surface area (Å²) in [4.78, 5) is 39.2. The van der Waals surface area contributed by atoms with Crippen molar-refractivity contribution in [3.8, 4) is 0 Å². The molecule has 7 nitrogen and oxygen atoms in total. The van der Waals surface area contributed by atoms with E-state index in [9.17, 15) is 19.5 Å². The van der Waals surface area contributed by atoms with Gasteiger partial charge in [0.15, 0.2) is 0 Å². The molecule has 3 N–H and O–H groups in total. The van der Waals surface area contributed by atoms with Gasteiger partial charge in [-0.3, -0.25) is 14.4 Å². The SMILES string of the molecule is CSc1ccc([C@H](O)CNC(=O)C(=O)Nc2cccc(N3CCCCC3=O)c2)cc1. The van der Waals surface area contributed by atoms with Crippen LogP contribution in [0.1, 0.15) is 30.9 Å². The van der Waals surface area contributed by atoms with Gasteiger partial charge in [0.1, 0.15) is 0 Å². The summed E-state index contributed by atoms with van der Waals surface area (Å²) >= 11 is 1.60. The van der Waals surface area contributed by atoms with Gasteiger partial charge in [-0.25, -0.2) is 0 Å². The molecule has 2 aromatic carbocycles. The van der Waals surface area contributed by atoms with E-state index in [0.717, 1.165) is 17.7 Å². The van der Waals surface area contributed by atoms with Crippen molar-refractivity contribution in [3.05, 3.63) is 54.1 Å². The molecule has 30 heavy (non-hydrogen) atoms. The summed E-state index contributed by atoms with van der Waals surface area (Å²) in [6.45, 7) is 0.569. The van der Waals surface area contributed by atoms with Crippen molar-refractivity contribution < 1.29 is 19.5 Å². The molecule has 0 radical (unpaired) electrons. The third-order valence-electron chi connectivity index (χ3n) is 4.90. The first-order valence-corrected chi connectivity index (χ1v) is 11.0. The van der Waals surface area contributed by atoms with Crippen LogP contribution in [0, 0.1) is 0 Å². The lowest BCUT2D eigenvalue weighted by Crippen LogP contribution is -2.38. The van der Waals surface area contributed by atoms with Crippen LogP contribution in [0.4, 0.5) is 11.4 Å². The Labute approximate surface area is 179 Å². The zero-order chi connectivity index (χ0) is 21.5. The van der Waals surface area contributed by atoms with Gasteiger partial charge in [-0.1, -0.05) is 18.2 Å². The number of nitrogens with one attached hydrogen (secondary N) is 2. The van der Waals surface area contributed by atoms with Gasteiger partial charge in [0.05, 0.1) is 6.10 Å². The number of carbonyl (C=O) groups is 3. The zero-order valence-corrected chi connectivity index (χ0v) is 17.6. The Morgan fingerprint density at radius 3 is 2.60 bits per heavy atom. The molecule has 0 aromatic heterocycles. The van der Waals surface area contributed by atoms with E-state index in [1.54, 1.807) is 53.1 Å². The summed E-state index contributed by atoms with van der Waals surface area (Å²) in [5, 5.41) is 15.2. The normalized spacial score (nSPS) is 14.9. The van der Waals surface area contributed by atoms with Crippen molar-refractivity contribution in [1.82, 2.24) is 5.32 Å². The third-order valence-corrected chi connectivity index (χ3v) is 5.65. The lowest BCUT2D eigenvalue weighted by Gasteiger charge is -2.27. The topological polar surface area (TPSA) is 98.7 Å². The van der Waals surface area contributed by atoms with Crippen LogP contribution in [0.25, 0.3) is 0 Å². The molecule has 1 atom stereocenters. The van der Waals surface area contributed by atoms with Crippen LogP contribution in [0.5, 0.6) is 0 Å². The second kappa shape index (κ2) is 10.3. The summed E-state index contributed by atoms with van der Waals surface area (Å²) in [6.07, 6.45) is 3.39. The Morgan fingerprint density at radius 1 is 1.13 bits per heavy atom. The fourth-order valence-corrected chi connectivity index (χ4v) is 3.64. The molecule has 3 rings (SSSR count). The molecule has 0 saturated carbocycles. The predicted molar refractivity (Wildman–Crippen MR) is 117 cm³/mol. The van der Waals surface area contributed by atoms with Crippen LogP contribution >= 0.6 is 11.8 Å². The van der Waals surface area contributed by atoms with Crippen LogP contribution in [0.3, 0.4) is 0 Å². The van der Waals surface area contributed by atoms with E-state index in [-0.39, 0.29) is 12.5 Å². The molecule has 8 heteroatoms. The summed E-state index contributed by atoms with van der Waals surface area (Å²) < 4.78 is 0. The number of hydrogen-bond donors (Lipinski definition) is 3. The molecule has 0 spiro atoms. The van der Waals surface area contributed by atoms with Gasteiger partial charge < -0.3 is 20.6 Å². The molecular weight excluding hydrogens is 402 g/mol. The van der Waals surface area contributed by atoms with Gasteiger partial charge in [-0.2, -0.15) is 0 Å². The Morgan fingerprint density at radius 2 is 1.90 bits per heavy atom. The first-order valence-electron chi connectivity index (χ1n) is 9.79. The lowest BCUT2D eigenvalue weighted by atomic mass is 10.1. The Kier molecular flexibility index (Phi) is 7.48. The van der Waals surface area contributed by atoms with E-state index in [1.165, 1.54) is 0 Å². The average Bonchev–Trinajstić information content (AvgIpc) is 2.77. The number of thioether (sulfide) groups is 1. The maximum atomic E-state index is 12.2. The number of hydrogen-bond acceptors (Lipinski definition) is 5. The monoisotopic (exact) mass is 427 g/mol. The zero-order valence-electron chi connectivity index (χ0n) is 16.8. The van der Waals surface area contributed by atoms with E-state index in [1.807, 2.05) is 18.4 Å². The minimum Gasteiger partial charge on any atom is -0.387 e. The molecule has 158 valence electrons. The fraction of sp³-hybridized carbons (Fsp3) is 0.318. The van der Waals surface area contributed by atoms with Crippen LogP contribution in [-0.4, -0.2) is 42.2 Å². The summed E-state index contributed by atoms with van der Waals surface area (Å²) in [5.41, 5.74) is 1.79. The van der Waals surface area contributed by atoms with Gasteiger partial charge in [0.2, 0.25) is 5.91 Å². The van der Waals surface area contributed by atoms with Gasteiger partial charge in [-0.15, -0.1) is 11.8 Å². The molecule has 1 aliphatic rings. The number of aliphatic hydroxyl groups is 1. The average molecular weight is 428 g/mol. The lowest BCUT2D eigenvalue weighted by molar-refractivity contribution is -0.136. The quantitative estimate of drug-likeness (QED) is 0.486. The number of rotatable bonds is 6. The fourth-order valence-electron chi connectivity index (χ4n) is 3.23. The Bertz CT molecular complexity index is 917. The number of piperidine rings is 1. The third kappa shape index (κ3) is 5.61. The van der Waals surface area contributed by atoms with Crippen molar-refractivity contribution >= 4 is 40.9 Å². The Balaban J connectivity index is 1.54. The van der Waals surface area contributed by atoms with Gasteiger partial charge in [-0.05, 0) is 55.0 Å². The van der Waals surface area contributed by atoms with Gasteiger partial charge in [0, 0.05) is 35.8 Å². The largest absolute Gasteiger partial charge is 0.387 e. The molecule has 1 fully saturated rings. The maximum Gasteiger partial charge on any atom is 0.313 e. The summed E-state index contributed by atoms with van der Waals surface area (Å²) in [7, 11) is 0. The van der Waals surface area contributed by atoms with Crippen LogP contribution in [0.2, 0.25) is 0 Å². The number of amides is 3. The van der Waals surface area contributed by atoms with E-state index in [2.05, 4.69) is 10.6 Å². The van der Waals surface area contributed by atoms with Crippen LogP contribution in [0.15, 0.2) is 53.4 Å². The van der Waals surface area contributed by atoms with Crippen LogP contribution in [-0.2, 0) is 14.4 Å². The minimum absolute atomic E-state index is 0.0574. The molecule has 1 heterocycles. The molecule has 1 saturated heterocycles. The number of benzene rings is 2. The molecule has 3 amide bonds. The molecule has 0 bridgehead atoms. The highest BCUT2D eigenvalue weighted by Crippen LogP contribution is 2.24. The predicted octanol–water partition coefficient (Wildman–Crippen LogP) is 2.71. The highest BCUT2D eigenvalue weighted by atomic mass is 32.2. The smallest absolute Gasteiger partial charge is 0.313 e. The van der Waals surface area contributed by atoms with Crippen molar-refractivity contribution in [2.45, 2.75) is 30.3 Å². The summed E-state index contributed by atoms with van der Waals surface area (Å²) in [6, 6.07) is 14.2. The van der Waals surface area contributed by atoms with Crippen molar-refractivity contribution in [2.24, 2.45) is 0 Å². The number of anilines is 2. The second-order valence-corrected chi connectivity index (χ2v) is 7.89.